The first-order chi connectivity index (χ1) is 9.65. The normalized spacial score (nSPS) is 22.4. The third-order valence-electron chi connectivity index (χ3n) is 4.64. The van der Waals surface area contributed by atoms with Crippen LogP contribution in [0.1, 0.15) is 39.5 Å². The van der Waals surface area contributed by atoms with E-state index in [1.807, 2.05) is 0 Å². The van der Waals surface area contributed by atoms with Gasteiger partial charge in [0.05, 0.1) is 0 Å². The molecule has 2 aliphatic rings. The standard InChI is InChI=1S/C16H31N3O/c1-14(2)3-4-16(20)19-11-9-18(10-12-19)13-15-5-7-17-8-6-15/h14-15,17H,3-13H2,1-2H3. The topological polar surface area (TPSA) is 35.6 Å². The number of amides is 1. The van der Waals surface area contributed by atoms with Gasteiger partial charge in [-0.15, -0.1) is 0 Å². The molecular weight excluding hydrogens is 250 g/mol. The van der Waals surface area contributed by atoms with Crippen LogP contribution in [0.4, 0.5) is 0 Å². The van der Waals surface area contributed by atoms with Gasteiger partial charge >= 0.3 is 0 Å². The molecule has 2 heterocycles. The Kier molecular flexibility index (Phi) is 6.30. The highest BCUT2D eigenvalue weighted by Gasteiger charge is 2.23. The molecule has 2 aliphatic heterocycles. The summed E-state index contributed by atoms with van der Waals surface area (Å²) >= 11 is 0. The lowest BCUT2D eigenvalue weighted by atomic mass is 9.97. The SMILES string of the molecule is CC(C)CCC(=O)N1CCN(CC2CCNCC2)CC1. The van der Waals surface area contributed by atoms with Gasteiger partial charge in [-0.25, -0.2) is 0 Å². The molecule has 0 bridgehead atoms. The van der Waals surface area contributed by atoms with E-state index >= 15 is 0 Å². The number of hydrogen-bond acceptors (Lipinski definition) is 3. The summed E-state index contributed by atoms with van der Waals surface area (Å²) in [5, 5.41) is 3.43. The van der Waals surface area contributed by atoms with Gasteiger partial charge < -0.3 is 10.2 Å². The summed E-state index contributed by atoms with van der Waals surface area (Å²) in [6, 6.07) is 0. The van der Waals surface area contributed by atoms with E-state index in [1.165, 1.54) is 32.5 Å². The first-order valence-corrected chi connectivity index (χ1v) is 8.36. The van der Waals surface area contributed by atoms with Crippen molar-refractivity contribution >= 4 is 5.91 Å². The van der Waals surface area contributed by atoms with Gasteiger partial charge in [-0.05, 0) is 44.2 Å². The smallest absolute Gasteiger partial charge is 0.222 e. The quantitative estimate of drug-likeness (QED) is 0.831. The number of piperidine rings is 1. The number of nitrogens with one attached hydrogen (secondary N) is 1. The van der Waals surface area contributed by atoms with Crippen molar-refractivity contribution in [3.8, 4) is 0 Å². The van der Waals surface area contributed by atoms with Gasteiger partial charge in [0.2, 0.25) is 5.91 Å². The van der Waals surface area contributed by atoms with Gasteiger partial charge in [0.15, 0.2) is 0 Å². The van der Waals surface area contributed by atoms with Crippen LogP contribution in [-0.4, -0.2) is 61.5 Å². The maximum absolute atomic E-state index is 12.1. The molecule has 2 saturated heterocycles. The first-order valence-electron chi connectivity index (χ1n) is 8.36. The molecule has 0 aromatic carbocycles. The van der Waals surface area contributed by atoms with Crippen LogP contribution in [0.25, 0.3) is 0 Å². The molecule has 1 amide bonds. The largest absolute Gasteiger partial charge is 0.340 e. The third kappa shape index (κ3) is 5.06. The number of carbonyl (C=O) groups excluding carboxylic acids is 1. The van der Waals surface area contributed by atoms with Crippen LogP contribution in [0, 0.1) is 11.8 Å². The van der Waals surface area contributed by atoms with Gasteiger partial charge in [0, 0.05) is 39.1 Å². The molecule has 20 heavy (non-hydrogen) atoms. The van der Waals surface area contributed by atoms with Gasteiger partial charge in [-0.3, -0.25) is 9.69 Å². The summed E-state index contributed by atoms with van der Waals surface area (Å²) in [5.74, 6) is 1.85. The molecule has 0 saturated carbocycles. The minimum Gasteiger partial charge on any atom is -0.340 e. The Morgan fingerprint density at radius 3 is 2.40 bits per heavy atom. The molecule has 0 unspecified atom stereocenters. The first kappa shape index (κ1) is 15.8. The van der Waals surface area contributed by atoms with Crippen LogP contribution in [0.2, 0.25) is 0 Å². The molecule has 0 aromatic heterocycles. The lowest BCUT2D eigenvalue weighted by Crippen LogP contribution is -2.50. The fraction of sp³-hybridized carbons (Fsp3) is 0.938. The minimum absolute atomic E-state index is 0.361. The lowest BCUT2D eigenvalue weighted by Gasteiger charge is -2.37. The van der Waals surface area contributed by atoms with E-state index in [0.717, 1.165) is 44.9 Å². The molecule has 0 aromatic rings. The lowest BCUT2D eigenvalue weighted by molar-refractivity contribution is -0.133. The minimum atomic E-state index is 0.361. The number of nitrogens with zero attached hydrogens (tertiary/aromatic N) is 2. The molecule has 0 aliphatic carbocycles. The van der Waals surface area contributed by atoms with Crippen molar-refractivity contribution < 1.29 is 4.79 Å². The number of piperazine rings is 1. The molecule has 4 heteroatoms. The van der Waals surface area contributed by atoms with Crippen LogP contribution < -0.4 is 5.32 Å². The molecular formula is C16H31N3O. The molecule has 116 valence electrons. The molecule has 0 radical (unpaired) electrons. The summed E-state index contributed by atoms with van der Waals surface area (Å²) in [6.45, 7) is 12.0. The van der Waals surface area contributed by atoms with Crippen molar-refractivity contribution in [3.63, 3.8) is 0 Å². The summed E-state index contributed by atoms with van der Waals surface area (Å²) < 4.78 is 0. The molecule has 0 spiro atoms. The number of hydrogen-bond donors (Lipinski definition) is 1. The predicted octanol–water partition coefficient (Wildman–Crippen LogP) is 1.57. The Morgan fingerprint density at radius 1 is 1.15 bits per heavy atom. The maximum Gasteiger partial charge on any atom is 0.222 e. The Hall–Kier alpha value is -0.610. The fourth-order valence-electron chi connectivity index (χ4n) is 3.18. The summed E-state index contributed by atoms with van der Waals surface area (Å²) in [5.41, 5.74) is 0. The fourth-order valence-corrected chi connectivity index (χ4v) is 3.18. The molecule has 4 nitrogen and oxygen atoms in total. The monoisotopic (exact) mass is 281 g/mol. The summed E-state index contributed by atoms with van der Waals surface area (Å²) in [4.78, 5) is 16.7. The highest BCUT2D eigenvalue weighted by molar-refractivity contribution is 5.76. The van der Waals surface area contributed by atoms with Crippen molar-refractivity contribution in [2.24, 2.45) is 11.8 Å². The van der Waals surface area contributed by atoms with Crippen molar-refractivity contribution in [1.82, 2.24) is 15.1 Å². The Balaban J connectivity index is 1.65. The number of rotatable bonds is 5. The van der Waals surface area contributed by atoms with Crippen molar-refractivity contribution in [3.05, 3.63) is 0 Å². The van der Waals surface area contributed by atoms with Gasteiger partial charge in [0.25, 0.3) is 0 Å². The van der Waals surface area contributed by atoms with Crippen molar-refractivity contribution in [2.45, 2.75) is 39.5 Å². The second kappa shape index (κ2) is 7.99. The van der Waals surface area contributed by atoms with Crippen molar-refractivity contribution in [1.29, 1.82) is 0 Å². The second-order valence-corrected chi connectivity index (χ2v) is 6.81. The van der Waals surface area contributed by atoms with Crippen LogP contribution in [0.3, 0.4) is 0 Å². The van der Waals surface area contributed by atoms with Gasteiger partial charge in [0.1, 0.15) is 0 Å². The van der Waals surface area contributed by atoms with E-state index < -0.39 is 0 Å². The molecule has 1 N–H and O–H groups in total. The third-order valence-corrected chi connectivity index (χ3v) is 4.64. The van der Waals surface area contributed by atoms with Gasteiger partial charge in [-0.2, -0.15) is 0 Å². The zero-order valence-corrected chi connectivity index (χ0v) is 13.2. The van der Waals surface area contributed by atoms with Crippen LogP contribution in [-0.2, 0) is 4.79 Å². The van der Waals surface area contributed by atoms with Crippen LogP contribution in [0.5, 0.6) is 0 Å². The summed E-state index contributed by atoms with van der Waals surface area (Å²) in [6.07, 6.45) is 4.38. The Bertz CT molecular complexity index is 292. The summed E-state index contributed by atoms with van der Waals surface area (Å²) in [7, 11) is 0. The van der Waals surface area contributed by atoms with E-state index in [9.17, 15) is 4.79 Å². The van der Waals surface area contributed by atoms with E-state index in [4.69, 9.17) is 0 Å². The van der Waals surface area contributed by atoms with E-state index in [1.54, 1.807) is 0 Å². The second-order valence-electron chi connectivity index (χ2n) is 6.81. The highest BCUT2D eigenvalue weighted by Crippen LogP contribution is 2.15. The van der Waals surface area contributed by atoms with Crippen LogP contribution in [0.15, 0.2) is 0 Å². The number of carbonyl (C=O) groups is 1. The zero-order chi connectivity index (χ0) is 14.4. The molecule has 2 rings (SSSR count). The highest BCUT2D eigenvalue weighted by atomic mass is 16.2. The average Bonchev–Trinajstić information content (AvgIpc) is 2.46. The predicted molar refractivity (Wildman–Crippen MR) is 82.7 cm³/mol. The average molecular weight is 281 g/mol. The maximum atomic E-state index is 12.1. The zero-order valence-electron chi connectivity index (χ0n) is 13.2. The Labute approximate surface area is 123 Å². The Morgan fingerprint density at radius 2 is 1.80 bits per heavy atom. The van der Waals surface area contributed by atoms with Crippen molar-refractivity contribution in [2.75, 3.05) is 45.8 Å². The van der Waals surface area contributed by atoms with E-state index in [0.29, 0.717) is 11.8 Å². The van der Waals surface area contributed by atoms with E-state index in [2.05, 4.69) is 29.0 Å². The van der Waals surface area contributed by atoms with Gasteiger partial charge in [-0.1, -0.05) is 13.8 Å². The van der Waals surface area contributed by atoms with Crippen LogP contribution >= 0.6 is 0 Å². The molecule has 0 atom stereocenters. The van der Waals surface area contributed by atoms with E-state index in [-0.39, 0.29) is 0 Å². The molecule has 2 fully saturated rings.